The minimum atomic E-state index is -1.32. The van der Waals surface area contributed by atoms with Crippen molar-refractivity contribution in [3.05, 3.63) is 48.0 Å². The molecule has 160 valence electrons. The number of amides is 2. The molecule has 1 fully saturated rings. The van der Waals surface area contributed by atoms with Crippen LogP contribution in [-0.2, 0) is 16.1 Å². The van der Waals surface area contributed by atoms with Gasteiger partial charge in [0.25, 0.3) is 0 Å². The number of ether oxygens (including phenoxy) is 2. The summed E-state index contributed by atoms with van der Waals surface area (Å²) in [4.78, 5) is 26.1. The highest BCUT2D eigenvalue weighted by Gasteiger charge is 2.47. The summed E-state index contributed by atoms with van der Waals surface area (Å²) < 4.78 is 10.7. The molecule has 2 unspecified atom stereocenters. The summed E-state index contributed by atoms with van der Waals surface area (Å²) in [5.41, 5.74) is -1.11. The second-order valence-electron chi connectivity index (χ2n) is 8.05. The average molecular weight is 469 g/mol. The van der Waals surface area contributed by atoms with Gasteiger partial charge in [0.2, 0.25) is 0 Å². The highest BCUT2D eigenvalue weighted by atomic mass is 79.9. The fourth-order valence-corrected chi connectivity index (χ4v) is 3.30. The molecule has 0 saturated carbocycles. The van der Waals surface area contributed by atoms with Gasteiger partial charge in [-0.1, -0.05) is 58.4 Å². The van der Waals surface area contributed by atoms with Gasteiger partial charge in [-0.25, -0.2) is 9.59 Å². The molecule has 1 saturated heterocycles. The van der Waals surface area contributed by atoms with Crippen molar-refractivity contribution in [2.75, 3.05) is 18.4 Å². The van der Waals surface area contributed by atoms with Crippen LogP contribution in [0.2, 0.25) is 0 Å². The van der Waals surface area contributed by atoms with Crippen LogP contribution in [0.15, 0.2) is 42.5 Å². The molecule has 7 nitrogen and oxygen atoms in total. The summed E-state index contributed by atoms with van der Waals surface area (Å²) in [5, 5.41) is 14.5. The Hall–Kier alpha value is -2.06. The van der Waals surface area contributed by atoms with Crippen molar-refractivity contribution < 1.29 is 24.2 Å². The van der Waals surface area contributed by atoms with E-state index in [1.165, 1.54) is 4.90 Å². The zero-order valence-corrected chi connectivity index (χ0v) is 18.6. The zero-order chi connectivity index (χ0) is 21.5. The fraction of sp³-hybridized carbons (Fsp3) is 0.524. The number of β-amino-alcohol motifs (C(OH)–C–C–N with tert-alkyl or cyclic N) is 1. The first-order valence-corrected chi connectivity index (χ1v) is 10.6. The molecule has 2 amide bonds. The van der Waals surface area contributed by atoms with E-state index in [0.29, 0.717) is 5.33 Å². The smallest absolute Gasteiger partial charge is 0.410 e. The van der Waals surface area contributed by atoms with Crippen LogP contribution in [0.25, 0.3) is 0 Å². The van der Waals surface area contributed by atoms with E-state index in [1.807, 2.05) is 42.5 Å². The van der Waals surface area contributed by atoms with Crippen LogP contribution in [0.4, 0.5) is 9.59 Å². The second-order valence-corrected chi connectivity index (χ2v) is 8.70. The quantitative estimate of drug-likeness (QED) is 0.491. The number of likely N-dealkylation sites (tertiary alicyclic amines) is 1. The molecule has 0 aromatic heterocycles. The number of aliphatic hydroxyl groups is 1. The van der Waals surface area contributed by atoms with E-state index in [2.05, 4.69) is 21.2 Å². The van der Waals surface area contributed by atoms with Gasteiger partial charge in [0, 0.05) is 11.9 Å². The van der Waals surface area contributed by atoms with Crippen molar-refractivity contribution in [2.45, 2.75) is 51.0 Å². The number of carbonyl (C=O) groups excluding carboxylic acids is 2. The summed E-state index contributed by atoms with van der Waals surface area (Å²) in [7, 11) is 0. The van der Waals surface area contributed by atoms with Crippen LogP contribution in [0, 0.1) is 0 Å². The minimum Gasteiger partial charge on any atom is -0.445 e. The van der Waals surface area contributed by atoms with Crippen molar-refractivity contribution in [2.24, 2.45) is 0 Å². The van der Waals surface area contributed by atoms with E-state index in [0.717, 1.165) is 5.56 Å². The van der Waals surface area contributed by atoms with Crippen LogP contribution in [-0.4, -0.2) is 57.9 Å². The second kappa shape index (κ2) is 10.1. The fourth-order valence-electron chi connectivity index (χ4n) is 3.03. The topological polar surface area (TPSA) is 88.1 Å². The van der Waals surface area contributed by atoms with Crippen molar-refractivity contribution in [1.82, 2.24) is 10.2 Å². The molecule has 1 aliphatic rings. The first-order chi connectivity index (χ1) is 13.6. The monoisotopic (exact) mass is 468 g/mol. The Balaban J connectivity index is 2.04. The molecule has 1 aromatic rings. The van der Waals surface area contributed by atoms with Gasteiger partial charge in [-0.2, -0.15) is 0 Å². The molecule has 1 aliphatic heterocycles. The highest BCUT2D eigenvalue weighted by molar-refractivity contribution is 9.09. The third-order valence-corrected chi connectivity index (χ3v) is 4.77. The highest BCUT2D eigenvalue weighted by Crippen LogP contribution is 2.27. The van der Waals surface area contributed by atoms with E-state index in [-0.39, 0.29) is 26.1 Å². The zero-order valence-electron chi connectivity index (χ0n) is 17.1. The van der Waals surface area contributed by atoms with E-state index >= 15 is 0 Å². The first-order valence-electron chi connectivity index (χ1n) is 9.51. The largest absolute Gasteiger partial charge is 0.445 e. The molecular weight excluding hydrogens is 440 g/mol. The molecule has 29 heavy (non-hydrogen) atoms. The minimum absolute atomic E-state index is 0.0493. The van der Waals surface area contributed by atoms with Gasteiger partial charge in [-0.05, 0) is 32.8 Å². The summed E-state index contributed by atoms with van der Waals surface area (Å²) in [5.74, 6) is 0. The maximum absolute atomic E-state index is 12.5. The molecule has 0 bridgehead atoms. The number of nitrogens with one attached hydrogen (secondary N) is 1. The maximum Gasteiger partial charge on any atom is 0.410 e. The number of allylic oxidation sites excluding steroid dienone is 1. The Morgan fingerprint density at radius 3 is 2.62 bits per heavy atom. The summed E-state index contributed by atoms with van der Waals surface area (Å²) in [6, 6.07) is 8.68. The van der Waals surface area contributed by atoms with E-state index in [1.54, 1.807) is 20.8 Å². The number of hydrogen-bond donors (Lipinski definition) is 2. The summed E-state index contributed by atoms with van der Waals surface area (Å²) >= 11 is 3.30. The van der Waals surface area contributed by atoms with Gasteiger partial charge in [0.1, 0.15) is 17.8 Å². The first kappa shape index (κ1) is 23.2. The molecule has 2 rings (SSSR count). The lowest BCUT2D eigenvalue weighted by molar-refractivity contribution is 0.0149. The lowest BCUT2D eigenvalue weighted by atomic mass is 9.94. The predicted octanol–water partition coefficient (Wildman–Crippen LogP) is 3.60. The van der Waals surface area contributed by atoms with Crippen molar-refractivity contribution in [3.8, 4) is 0 Å². The molecule has 2 N–H and O–H groups in total. The van der Waals surface area contributed by atoms with Gasteiger partial charge < -0.3 is 24.8 Å². The van der Waals surface area contributed by atoms with Gasteiger partial charge in [0.05, 0.1) is 12.6 Å². The van der Waals surface area contributed by atoms with Crippen LogP contribution in [0.3, 0.4) is 0 Å². The predicted molar refractivity (Wildman–Crippen MR) is 114 cm³/mol. The van der Waals surface area contributed by atoms with Crippen LogP contribution in [0.1, 0.15) is 32.8 Å². The Labute approximate surface area is 180 Å². The molecule has 2 atom stereocenters. The van der Waals surface area contributed by atoms with Gasteiger partial charge in [0.15, 0.2) is 0 Å². The Morgan fingerprint density at radius 2 is 2.00 bits per heavy atom. The molecule has 0 radical (unpaired) electrons. The number of rotatable bonds is 6. The Morgan fingerprint density at radius 1 is 1.31 bits per heavy atom. The molecule has 0 spiro atoms. The Bertz CT molecular complexity index is 720. The van der Waals surface area contributed by atoms with Crippen LogP contribution >= 0.6 is 15.9 Å². The van der Waals surface area contributed by atoms with Gasteiger partial charge in [-0.3, -0.25) is 0 Å². The number of hydrogen-bond acceptors (Lipinski definition) is 5. The molecule has 8 heteroatoms. The number of benzene rings is 1. The number of alkyl halides is 1. The lowest BCUT2D eigenvalue weighted by Gasteiger charge is -2.29. The van der Waals surface area contributed by atoms with Crippen LogP contribution < -0.4 is 5.32 Å². The van der Waals surface area contributed by atoms with Crippen molar-refractivity contribution >= 4 is 28.1 Å². The standard InChI is InChI=1S/C21H29BrN2O5/c1-20(2,3)29-18(25)23-17-13-24(15-21(17,27)11-7-8-12-22)19(26)28-14-16-9-5-4-6-10-16/h4-10,17,27H,11-15H2,1-3H3,(H,23,25)/b8-7+. The molecule has 1 aromatic carbocycles. The summed E-state index contributed by atoms with van der Waals surface area (Å²) in [6.45, 7) is 5.61. The molecule has 0 aliphatic carbocycles. The van der Waals surface area contributed by atoms with Crippen molar-refractivity contribution in [3.63, 3.8) is 0 Å². The van der Waals surface area contributed by atoms with Crippen molar-refractivity contribution in [1.29, 1.82) is 0 Å². The number of alkyl carbamates (subject to hydrolysis) is 1. The average Bonchev–Trinajstić information content (AvgIpc) is 2.96. The van der Waals surface area contributed by atoms with E-state index in [9.17, 15) is 14.7 Å². The summed E-state index contributed by atoms with van der Waals surface area (Å²) in [6.07, 6.45) is 2.78. The van der Waals surface area contributed by atoms with E-state index in [4.69, 9.17) is 9.47 Å². The third kappa shape index (κ3) is 7.36. The van der Waals surface area contributed by atoms with E-state index < -0.39 is 29.4 Å². The molecule has 1 heterocycles. The normalized spacial score (nSPS) is 22.0. The Kier molecular flexibility index (Phi) is 8.10. The molecular formula is C21H29BrN2O5. The number of nitrogens with zero attached hydrogens (tertiary/aromatic N) is 1. The van der Waals surface area contributed by atoms with Gasteiger partial charge in [-0.15, -0.1) is 0 Å². The van der Waals surface area contributed by atoms with Gasteiger partial charge >= 0.3 is 12.2 Å². The lowest BCUT2D eigenvalue weighted by Crippen LogP contribution is -2.52. The third-order valence-electron chi connectivity index (χ3n) is 4.40. The number of carbonyl (C=O) groups is 2. The maximum atomic E-state index is 12.5. The number of halogens is 1. The SMILES string of the molecule is CC(C)(C)OC(=O)NC1CN(C(=O)OCc2ccccc2)CC1(O)C/C=C/CBr. The van der Waals surface area contributed by atoms with Crippen LogP contribution in [0.5, 0.6) is 0 Å².